The van der Waals surface area contributed by atoms with Crippen LogP contribution >= 0.6 is 23.2 Å². The summed E-state index contributed by atoms with van der Waals surface area (Å²) in [6, 6.07) is 18.5. The average molecular weight is 477 g/mol. The van der Waals surface area contributed by atoms with Crippen molar-refractivity contribution in [2.24, 2.45) is 0 Å². The summed E-state index contributed by atoms with van der Waals surface area (Å²) in [6.07, 6.45) is 0. The second-order valence-electron chi connectivity index (χ2n) is 7.17. The molecule has 1 N–H and O–H groups in total. The molecule has 3 aromatic carbocycles. The zero-order valence-electron chi connectivity index (χ0n) is 17.1. The van der Waals surface area contributed by atoms with E-state index < -0.39 is 15.9 Å². The molecule has 0 fully saturated rings. The fourth-order valence-electron chi connectivity index (χ4n) is 2.91. The van der Waals surface area contributed by atoms with E-state index in [0.29, 0.717) is 21.3 Å². The standard InChI is InChI=1S/C23H22Cl2N2O3S/c1-16-3-9-20(10-4-16)27(31(29,30)21-11-5-17(2)6-12-21)15-23(28)26-14-18-7-8-19(24)13-22(18)25/h3-13H,14-15H2,1-2H3,(H,26,28). The Hall–Kier alpha value is -2.54. The van der Waals surface area contributed by atoms with Gasteiger partial charge in [0.2, 0.25) is 5.91 Å². The Morgan fingerprint density at radius 1 is 0.903 bits per heavy atom. The van der Waals surface area contributed by atoms with E-state index in [2.05, 4.69) is 5.32 Å². The van der Waals surface area contributed by atoms with Gasteiger partial charge in [0.1, 0.15) is 6.54 Å². The van der Waals surface area contributed by atoms with Crippen molar-refractivity contribution in [1.29, 1.82) is 0 Å². The third-order valence-electron chi connectivity index (χ3n) is 4.71. The molecule has 3 rings (SSSR count). The third kappa shape index (κ3) is 5.79. The first-order valence-corrected chi connectivity index (χ1v) is 11.7. The highest BCUT2D eigenvalue weighted by Crippen LogP contribution is 2.25. The first-order chi connectivity index (χ1) is 14.7. The van der Waals surface area contributed by atoms with E-state index in [1.165, 1.54) is 12.1 Å². The quantitative estimate of drug-likeness (QED) is 0.514. The molecule has 0 radical (unpaired) electrons. The zero-order chi connectivity index (χ0) is 22.6. The summed E-state index contributed by atoms with van der Waals surface area (Å²) < 4.78 is 27.8. The van der Waals surface area contributed by atoms with Crippen LogP contribution < -0.4 is 9.62 Å². The first kappa shape index (κ1) is 23.1. The van der Waals surface area contributed by atoms with Crippen LogP contribution in [0, 0.1) is 13.8 Å². The smallest absolute Gasteiger partial charge is 0.264 e. The minimum absolute atomic E-state index is 0.118. The number of benzene rings is 3. The van der Waals surface area contributed by atoms with Crippen molar-refractivity contribution in [2.75, 3.05) is 10.8 Å². The number of carbonyl (C=O) groups is 1. The van der Waals surface area contributed by atoms with Crippen LogP contribution in [0.15, 0.2) is 71.6 Å². The first-order valence-electron chi connectivity index (χ1n) is 9.53. The number of sulfonamides is 1. The van der Waals surface area contributed by atoms with Gasteiger partial charge in [0, 0.05) is 16.6 Å². The molecule has 31 heavy (non-hydrogen) atoms. The molecule has 8 heteroatoms. The van der Waals surface area contributed by atoms with E-state index in [0.717, 1.165) is 15.4 Å². The van der Waals surface area contributed by atoms with Crippen LogP contribution in [0.2, 0.25) is 10.0 Å². The maximum absolute atomic E-state index is 13.3. The number of nitrogens with zero attached hydrogens (tertiary/aromatic N) is 1. The van der Waals surface area contributed by atoms with Gasteiger partial charge in [-0.05, 0) is 55.8 Å². The van der Waals surface area contributed by atoms with Crippen LogP contribution in [-0.4, -0.2) is 20.9 Å². The van der Waals surface area contributed by atoms with Crippen molar-refractivity contribution in [3.05, 3.63) is 93.5 Å². The minimum atomic E-state index is -3.95. The lowest BCUT2D eigenvalue weighted by Crippen LogP contribution is -2.40. The molecule has 0 heterocycles. The Morgan fingerprint density at radius 2 is 1.48 bits per heavy atom. The summed E-state index contributed by atoms with van der Waals surface area (Å²) in [6.45, 7) is 3.57. The summed E-state index contributed by atoms with van der Waals surface area (Å²) in [5.74, 6) is -0.456. The molecule has 0 spiro atoms. The second-order valence-corrected chi connectivity index (χ2v) is 9.88. The predicted octanol–water partition coefficient (Wildman–Crippen LogP) is 5.12. The highest BCUT2D eigenvalue weighted by atomic mass is 35.5. The van der Waals surface area contributed by atoms with E-state index in [9.17, 15) is 13.2 Å². The van der Waals surface area contributed by atoms with Crippen LogP contribution in [-0.2, 0) is 21.4 Å². The van der Waals surface area contributed by atoms with Gasteiger partial charge >= 0.3 is 0 Å². The Bertz CT molecular complexity index is 1180. The van der Waals surface area contributed by atoms with Crippen molar-refractivity contribution in [2.45, 2.75) is 25.3 Å². The number of halogens is 2. The number of aryl methyl sites for hydroxylation is 2. The number of carbonyl (C=O) groups excluding carboxylic acids is 1. The van der Waals surface area contributed by atoms with Crippen LogP contribution in [0.3, 0.4) is 0 Å². The van der Waals surface area contributed by atoms with Gasteiger partial charge in [-0.25, -0.2) is 8.42 Å². The zero-order valence-corrected chi connectivity index (χ0v) is 19.4. The van der Waals surface area contributed by atoms with Crippen molar-refractivity contribution in [1.82, 2.24) is 5.32 Å². The molecular formula is C23H22Cl2N2O3S. The fraction of sp³-hybridized carbons (Fsp3) is 0.174. The van der Waals surface area contributed by atoms with E-state index in [1.807, 2.05) is 13.8 Å². The summed E-state index contributed by atoms with van der Waals surface area (Å²) in [5.41, 5.74) is 3.02. The molecule has 3 aromatic rings. The monoisotopic (exact) mass is 476 g/mol. The van der Waals surface area contributed by atoms with E-state index in [4.69, 9.17) is 23.2 Å². The maximum Gasteiger partial charge on any atom is 0.264 e. The molecule has 0 aromatic heterocycles. The van der Waals surface area contributed by atoms with Crippen LogP contribution in [0.5, 0.6) is 0 Å². The molecule has 0 bridgehead atoms. The largest absolute Gasteiger partial charge is 0.350 e. The Morgan fingerprint density at radius 3 is 2.06 bits per heavy atom. The number of nitrogens with one attached hydrogen (secondary N) is 1. The van der Waals surface area contributed by atoms with Crippen LogP contribution in [0.4, 0.5) is 5.69 Å². The Labute approximate surface area is 192 Å². The summed E-state index contributed by atoms with van der Waals surface area (Å²) >= 11 is 12.1. The van der Waals surface area contributed by atoms with Crippen molar-refractivity contribution in [3.63, 3.8) is 0 Å². The van der Waals surface area contributed by atoms with Crippen LogP contribution in [0.1, 0.15) is 16.7 Å². The van der Waals surface area contributed by atoms with Crippen molar-refractivity contribution in [3.8, 4) is 0 Å². The molecule has 0 unspecified atom stereocenters. The maximum atomic E-state index is 13.3. The Balaban J connectivity index is 1.85. The van der Waals surface area contributed by atoms with Gasteiger partial charge < -0.3 is 5.32 Å². The fourth-order valence-corrected chi connectivity index (χ4v) is 4.81. The molecule has 0 saturated heterocycles. The van der Waals surface area contributed by atoms with Gasteiger partial charge in [0.05, 0.1) is 10.6 Å². The highest BCUT2D eigenvalue weighted by molar-refractivity contribution is 7.92. The SMILES string of the molecule is Cc1ccc(N(CC(=O)NCc2ccc(Cl)cc2Cl)S(=O)(=O)c2ccc(C)cc2)cc1. The van der Waals surface area contributed by atoms with Gasteiger partial charge in [-0.3, -0.25) is 9.10 Å². The normalized spacial score (nSPS) is 11.2. The molecule has 0 aliphatic rings. The number of hydrogen-bond acceptors (Lipinski definition) is 3. The topological polar surface area (TPSA) is 66.5 Å². The van der Waals surface area contributed by atoms with Crippen molar-refractivity contribution < 1.29 is 13.2 Å². The molecule has 0 atom stereocenters. The highest BCUT2D eigenvalue weighted by Gasteiger charge is 2.27. The van der Waals surface area contributed by atoms with Gasteiger partial charge in [0.25, 0.3) is 10.0 Å². The number of hydrogen-bond donors (Lipinski definition) is 1. The molecule has 0 saturated carbocycles. The predicted molar refractivity (Wildman–Crippen MR) is 125 cm³/mol. The summed E-state index contributed by atoms with van der Waals surface area (Å²) in [5, 5.41) is 3.65. The average Bonchev–Trinajstić information content (AvgIpc) is 2.72. The third-order valence-corrected chi connectivity index (χ3v) is 7.08. The second kappa shape index (κ2) is 9.73. The molecule has 0 aliphatic carbocycles. The number of rotatable bonds is 7. The molecule has 5 nitrogen and oxygen atoms in total. The van der Waals surface area contributed by atoms with Crippen molar-refractivity contribution >= 4 is 44.8 Å². The summed E-state index contributed by atoms with van der Waals surface area (Å²) in [7, 11) is -3.95. The number of anilines is 1. The van der Waals surface area contributed by atoms with E-state index in [-0.39, 0.29) is 18.0 Å². The van der Waals surface area contributed by atoms with E-state index in [1.54, 1.807) is 54.6 Å². The van der Waals surface area contributed by atoms with E-state index >= 15 is 0 Å². The lowest BCUT2D eigenvalue weighted by Gasteiger charge is -2.24. The van der Waals surface area contributed by atoms with Gasteiger partial charge in [-0.2, -0.15) is 0 Å². The summed E-state index contributed by atoms with van der Waals surface area (Å²) in [4.78, 5) is 12.8. The lowest BCUT2D eigenvalue weighted by molar-refractivity contribution is -0.119. The molecular weight excluding hydrogens is 455 g/mol. The molecule has 1 amide bonds. The molecule has 162 valence electrons. The Kier molecular flexibility index (Phi) is 7.26. The van der Waals surface area contributed by atoms with Gasteiger partial charge in [-0.15, -0.1) is 0 Å². The number of amides is 1. The molecule has 0 aliphatic heterocycles. The lowest BCUT2D eigenvalue weighted by atomic mass is 10.2. The minimum Gasteiger partial charge on any atom is -0.350 e. The van der Waals surface area contributed by atoms with Gasteiger partial charge in [-0.1, -0.05) is 64.7 Å². The van der Waals surface area contributed by atoms with Crippen LogP contribution in [0.25, 0.3) is 0 Å². The van der Waals surface area contributed by atoms with Gasteiger partial charge in [0.15, 0.2) is 0 Å².